The van der Waals surface area contributed by atoms with Crippen LogP contribution in [0.2, 0.25) is 5.02 Å². The standard InChI is InChI=1S/C24H25ClN4O3/c1-15(30)27-18-5-7-19(8-6-18)29-21-9-3-16(13-26)12-22(21)28(24(29)31)14-17-4-10-23(32-2)20(25)11-17/h3-4,9-12,18-19H,5-8,14H2,1-2H3,(H,27,30). The van der Waals surface area contributed by atoms with E-state index in [2.05, 4.69) is 11.4 Å². The van der Waals surface area contributed by atoms with Gasteiger partial charge in [-0.15, -0.1) is 0 Å². The van der Waals surface area contributed by atoms with Crippen LogP contribution in [0, 0.1) is 11.3 Å². The molecule has 1 heterocycles. The zero-order valence-electron chi connectivity index (χ0n) is 18.1. The molecular weight excluding hydrogens is 428 g/mol. The third-order valence-electron chi connectivity index (χ3n) is 6.12. The highest BCUT2D eigenvalue weighted by Crippen LogP contribution is 2.31. The first kappa shape index (κ1) is 22.0. The van der Waals surface area contributed by atoms with Gasteiger partial charge in [0.05, 0.1) is 41.3 Å². The summed E-state index contributed by atoms with van der Waals surface area (Å²) in [6.07, 6.45) is 3.26. The van der Waals surface area contributed by atoms with Gasteiger partial charge in [0.15, 0.2) is 0 Å². The van der Waals surface area contributed by atoms with Crippen molar-refractivity contribution in [2.45, 2.75) is 51.2 Å². The summed E-state index contributed by atoms with van der Waals surface area (Å²) in [7, 11) is 1.56. The van der Waals surface area contributed by atoms with Crippen LogP contribution in [0.4, 0.5) is 0 Å². The molecule has 8 heteroatoms. The van der Waals surface area contributed by atoms with Gasteiger partial charge in [-0.2, -0.15) is 5.26 Å². The van der Waals surface area contributed by atoms with E-state index in [9.17, 15) is 14.9 Å². The van der Waals surface area contributed by atoms with Gasteiger partial charge >= 0.3 is 5.69 Å². The maximum Gasteiger partial charge on any atom is 0.329 e. The van der Waals surface area contributed by atoms with E-state index in [4.69, 9.17) is 16.3 Å². The number of methoxy groups -OCH3 is 1. The number of ether oxygens (including phenoxy) is 1. The number of nitrogens with one attached hydrogen (secondary N) is 1. The molecule has 0 saturated heterocycles. The number of rotatable bonds is 5. The molecule has 1 aliphatic rings. The summed E-state index contributed by atoms with van der Waals surface area (Å²) in [5.41, 5.74) is 2.81. The zero-order valence-corrected chi connectivity index (χ0v) is 18.9. The fraction of sp³-hybridized carbons (Fsp3) is 0.375. The van der Waals surface area contributed by atoms with Gasteiger partial charge in [0.1, 0.15) is 5.75 Å². The predicted molar refractivity (Wildman–Crippen MR) is 123 cm³/mol. The third kappa shape index (κ3) is 4.23. The molecule has 1 N–H and O–H groups in total. The van der Waals surface area contributed by atoms with Crippen molar-refractivity contribution < 1.29 is 9.53 Å². The van der Waals surface area contributed by atoms with Gasteiger partial charge < -0.3 is 10.1 Å². The van der Waals surface area contributed by atoms with E-state index in [1.807, 2.05) is 16.7 Å². The van der Waals surface area contributed by atoms with E-state index in [-0.39, 0.29) is 23.7 Å². The fourth-order valence-corrected chi connectivity index (χ4v) is 4.89. The maximum atomic E-state index is 13.6. The maximum absolute atomic E-state index is 13.6. The Morgan fingerprint density at radius 3 is 2.56 bits per heavy atom. The molecule has 0 aliphatic heterocycles. The average Bonchev–Trinajstić information content (AvgIpc) is 3.05. The van der Waals surface area contributed by atoms with Crippen LogP contribution >= 0.6 is 11.6 Å². The highest BCUT2D eigenvalue weighted by atomic mass is 35.5. The lowest BCUT2D eigenvalue weighted by Gasteiger charge is -2.29. The number of fused-ring (bicyclic) bond motifs is 1. The zero-order chi connectivity index (χ0) is 22.8. The van der Waals surface area contributed by atoms with Crippen molar-refractivity contribution in [3.63, 3.8) is 0 Å². The number of aromatic nitrogens is 2. The number of halogens is 1. The van der Waals surface area contributed by atoms with E-state index < -0.39 is 0 Å². The van der Waals surface area contributed by atoms with Crippen LogP contribution in [0.15, 0.2) is 41.2 Å². The molecule has 2 aromatic carbocycles. The summed E-state index contributed by atoms with van der Waals surface area (Å²) in [5.74, 6) is 0.553. The number of carbonyl (C=O) groups excluding carboxylic acids is 1. The quantitative estimate of drug-likeness (QED) is 0.633. The van der Waals surface area contributed by atoms with Crippen LogP contribution in [0.25, 0.3) is 11.0 Å². The lowest BCUT2D eigenvalue weighted by Crippen LogP contribution is -2.38. The second kappa shape index (κ2) is 9.09. The average molecular weight is 453 g/mol. The van der Waals surface area contributed by atoms with Crippen molar-refractivity contribution in [1.29, 1.82) is 5.26 Å². The van der Waals surface area contributed by atoms with E-state index >= 15 is 0 Å². The minimum atomic E-state index is -0.106. The second-order valence-corrected chi connectivity index (χ2v) is 8.64. The summed E-state index contributed by atoms with van der Waals surface area (Å²) in [5, 5.41) is 12.9. The Balaban J connectivity index is 1.73. The number of nitrogens with zero attached hydrogens (tertiary/aromatic N) is 3. The summed E-state index contributed by atoms with van der Waals surface area (Å²) < 4.78 is 8.78. The number of nitriles is 1. The van der Waals surface area contributed by atoms with Crippen LogP contribution < -0.4 is 15.7 Å². The summed E-state index contributed by atoms with van der Waals surface area (Å²) in [4.78, 5) is 25.0. The predicted octanol–water partition coefficient (Wildman–Crippen LogP) is 4.00. The molecular formula is C24H25ClN4O3. The van der Waals surface area contributed by atoms with Gasteiger partial charge in [0.25, 0.3) is 0 Å². The monoisotopic (exact) mass is 452 g/mol. The number of hydrogen-bond acceptors (Lipinski definition) is 4. The molecule has 4 rings (SSSR count). The molecule has 1 amide bonds. The minimum absolute atomic E-state index is 0.0237. The van der Waals surface area contributed by atoms with Crippen molar-refractivity contribution in [2.24, 2.45) is 0 Å². The molecule has 32 heavy (non-hydrogen) atoms. The van der Waals surface area contributed by atoms with Crippen LogP contribution in [-0.4, -0.2) is 28.2 Å². The van der Waals surface area contributed by atoms with Gasteiger partial charge in [-0.1, -0.05) is 17.7 Å². The lowest BCUT2D eigenvalue weighted by molar-refractivity contribution is -0.119. The molecule has 0 spiro atoms. The molecule has 1 saturated carbocycles. The van der Waals surface area contributed by atoms with Crippen molar-refractivity contribution >= 4 is 28.5 Å². The minimum Gasteiger partial charge on any atom is -0.495 e. The number of amides is 1. The first-order valence-electron chi connectivity index (χ1n) is 10.7. The van der Waals surface area contributed by atoms with E-state index in [0.29, 0.717) is 22.9 Å². The van der Waals surface area contributed by atoms with Crippen molar-refractivity contribution in [1.82, 2.24) is 14.5 Å². The van der Waals surface area contributed by atoms with E-state index in [1.165, 1.54) is 6.92 Å². The molecule has 166 valence electrons. The van der Waals surface area contributed by atoms with Crippen LogP contribution in [0.3, 0.4) is 0 Å². The Kier molecular flexibility index (Phi) is 6.24. The molecule has 1 aliphatic carbocycles. The topological polar surface area (TPSA) is 89.0 Å². The van der Waals surface area contributed by atoms with Crippen LogP contribution in [0.5, 0.6) is 5.75 Å². The normalized spacial score (nSPS) is 18.3. The molecule has 0 unspecified atom stereocenters. The van der Waals surface area contributed by atoms with Gasteiger partial charge in [-0.3, -0.25) is 13.9 Å². The Morgan fingerprint density at radius 1 is 1.19 bits per heavy atom. The molecule has 0 atom stereocenters. The fourth-order valence-electron chi connectivity index (χ4n) is 4.61. The first-order valence-corrected chi connectivity index (χ1v) is 11.0. The van der Waals surface area contributed by atoms with Gasteiger partial charge in [0.2, 0.25) is 5.91 Å². The molecule has 0 bridgehead atoms. The van der Waals surface area contributed by atoms with Crippen molar-refractivity contribution in [2.75, 3.05) is 7.11 Å². The lowest BCUT2D eigenvalue weighted by atomic mass is 9.91. The number of imidazole rings is 1. The molecule has 1 aromatic heterocycles. The van der Waals surface area contributed by atoms with Crippen molar-refractivity contribution in [3.8, 4) is 11.8 Å². The van der Waals surface area contributed by atoms with E-state index in [0.717, 1.165) is 42.3 Å². The Bertz CT molecular complexity index is 1260. The first-order chi connectivity index (χ1) is 15.4. The number of carbonyl (C=O) groups is 1. The van der Waals surface area contributed by atoms with Crippen LogP contribution in [0.1, 0.15) is 49.8 Å². The summed E-state index contributed by atoms with van der Waals surface area (Å²) >= 11 is 6.29. The summed E-state index contributed by atoms with van der Waals surface area (Å²) in [6, 6.07) is 13.2. The third-order valence-corrected chi connectivity index (χ3v) is 6.41. The Hall–Kier alpha value is -3.24. The van der Waals surface area contributed by atoms with Crippen LogP contribution in [-0.2, 0) is 11.3 Å². The Morgan fingerprint density at radius 2 is 1.94 bits per heavy atom. The summed E-state index contributed by atoms with van der Waals surface area (Å²) in [6.45, 7) is 1.87. The highest BCUT2D eigenvalue weighted by molar-refractivity contribution is 6.32. The molecule has 7 nitrogen and oxygen atoms in total. The van der Waals surface area contributed by atoms with Gasteiger partial charge in [-0.05, 0) is 61.6 Å². The molecule has 0 radical (unpaired) electrons. The van der Waals surface area contributed by atoms with E-state index in [1.54, 1.807) is 35.9 Å². The van der Waals surface area contributed by atoms with Crippen molar-refractivity contribution in [3.05, 3.63) is 63.0 Å². The number of hydrogen-bond donors (Lipinski definition) is 1. The highest BCUT2D eigenvalue weighted by Gasteiger charge is 2.27. The SMILES string of the molecule is COc1ccc(Cn2c(=O)n(C3CCC(NC(C)=O)CC3)c3ccc(C#N)cc32)cc1Cl. The van der Waals surface area contributed by atoms with Gasteiger partial charge in [0, 0.05) is 19.0 Å². The number of benzene rings is 2. The Labute approximate surface area is 191 Å². The molecule has 3 aromatic rings. The largest absolute Gasteiger partial charge is 0.495 e. The molecule has 1 fully saturated rings. The van der Waals surface area contributed by atoms with Gasteiger partial charge in [-0.25, -0.2) is 4.79 Å². The second-order valence-electron chi connectivity index (χ2n) is 8.23. The smallest absolute Gasteiger partial charge is 0.329 e.